The monoisotopic (exact) mass is 346 g/mol. The maximum atomic E-state index is 10.3. The highest BCUT2D eigenvalue weighted by Crippen LogP contribution is 2.47. The number of fused-ring (bicyclic) bond motifs is 3. The van der Waals surface area contributed by atoms with Gasteiger partial charge in [0.15, 0.2) is 5.76 Å². The van der Waals surface area contributed by atoms with Crippen molar-refractivity contribution < 1.29 is 14.3 Å². The fourth-order valence-electron chi connectivity index (χ4n) is 3.70. The van der Waals surface area contributed by atoms with Gasteiger partial charge in [-0.3, -0.25) is 0 Å². The molecular weight excluding hydrogens is 328 g/mol. The smallest absolute Gasteiger partial charge is 0.246 e. The summed E-state index contributed by atoms with van der Waals surface area (Å²) >= 11 is 0. The molecule has 0 unspecified atom stereocenters. The van der Waals surface area contributed by atoms with Crippen LogP contribution >= 0.6 is 0 Å². The molecule has 3 heterocycles. The summed E-state index contributed by atoms with van der Waals surface area (Å²) in [7, 11) is 0. The predicted octanol–water partition coefficient (Wildman–Crippen LogP) is 4.54. The lowest BCUT2D eigenvalue weighted by atomic mass is 9.95. The summed E-state index contributed by atoms with van der Waals surface area (Å²) in [4.78, 5) is 0. The van der Waals surface area contributed by atoms with Crippen molar-refractivity contribution in [2.45, 2.75) is 25.6 Å². The Kier molecular flexibility index (Phi) is 3.28. The largest absolute Gasteiger partial charge is 0.507 e. The third-order valence-electron chi connectivity index (χ3n) is 4.95. The third-order valence-corrected chi connectivity index (χ3v) is 4.95. The number of ether oxygens (including phenoxy) is 1. The molecular formula is C21H18N2O3. The normalized spacial score (nSPS) is 21.0. The van der Waals surface area contributed by atoms with Gasteiger partial charge >= 0.3 is 0 Å². The number of aryl methyl sites for hydroxylation is 1. The highest BCUT2D eigenvalue weighted by molar-refractivity contribution is 6.04. The minimum atomic E-state index is -0.422. The summed E-state index contributed by atoms with van der Waals surface area (Å²) in [5.74, 6) is 1.81. The fourth-order valence-corrected chi connectivity index (χ4v) is 3.70. The average molecular weight is 346 g/mol. The number of phenols is 1. The van der Waals surface area contributed by atoms with Crippen LogP contribution in [0.2, 0.25) is 0 Å². The molecule has 1 aromatic heterocycles. The van der Waals surface area contributed by atoms with Gasteiger partial charge in [-0.05, 0) is 37.3 Å². The highest BCUT2D eigenvalue weighted by atomic mass is 16.5. The van der Waals surface area contributed by atoms with E-state index in [-0.39, 0.29) is 11.8 Å². The van der Waals surface area contributed by atoms with Gasteiger partial charge in [-0.2, -0.15) is 5.10 Å². The van der Waals surface area contributed by atoms with E-state index < -0.39 is 6.23 Å². The molecule has 5 rings (SSSR count). The van der Waals surface area contributed by atoms with E-state index in [1.54, 1.807) is 12.3 Å². The fraction of sp³-hybridized carbons (Fsp3) is 0.190. The molecule has 2 aliphatic heterocycles. The average Bonchev–Trinajstić information content (AvgIpc) is 3.33. The molecule has 0 fully saturated rings. The first-order valence-corrected chi connectivity index (χ1v) is 8.65. The first-order valence-electron chi connectivity index (χ1n) is 8.65. The first kappa shape index (κ1) is 15.1. The molecule has 26 heavy (non-hydrogen) atoms. The van der Waals surface area contributed by atoms with Crippen molar-refractivity contribution >= 4 is 5.71 Å². The first-order chi connectivity index (χ1) is 12.7. The van der Waals surface area contributed by atoms with Crippen molar-refractivity contribution in [3.8, 4) is 11.5 Å². The molecule has 0 spiro atoms. The standard InChI is InChI=1S/C21H18N2O3/c1-13-8-9-18(24)15(11-13)16-12-17-14-5-2-3-6-19(14)26-21(23(17)22-16)20-7-4-10-25-20/h2-11,17,21,24H,12H2,1H3/t17-,21-/m0/s1. The van der Waals surface area contributed by atoms with Gasteiger partial charge in [0.2, 0.25) is 6.23 Å². The predicted molar refractivity (Wildman–Crippen MR) is 97.1 cm³/mol. The maximum absolute atomic E-state index is 10.3. The number of furan rings is 1. The van der Waals surface area contributed by atoms with Crippen molar-refractivity contribution in [3.05, 3.63) is 83.3 Å². The summed E-state index contributed by atoms with van der Waals surface area (Å²) in [6, 6.07) is 17.4. The van der Waals surface area contributed by atoms with Gasteiger partial charge in [0.25, 0.3) is 0 Å². The third kappa shape index (κ3) is 2.28. The molecule has 2 aromatic carbocycles. The highest BCUT2D eigenvalue weighted by Gasteiger charge is 2.42. The molecule has 0 radical (unpaired) electrons. The molecule has 2 aliphatic rings. The number of benzene rings is 2. The Labute approximate surface area is 151 Å². The Hall–Kier alpha value is -3.21. The van der Waals surface area contributed by atoms with E-state index in [1.807, 2.05) is 54.4 Å². The van der Waals surface area contributed by atoms with Gasteiger partial charge in [0, 0.05) is 17.5 Å². The Balaban J connectivity index is 1.62. The van der Waals surface area contributed by atoms with E-state index in [0.717, 1.165) is 28.2 Å². The number of hydrogen-bond acceptors (Lipinski definition) is 5. The van der Waals surface area contributed by atoms with E-state index in [1.165, 1.54) is 0 Å². The SMILES string of the molecule is Cc1ccc(O)c(C2=NN3[C@@H](C2)c2ccccc2O[C@H]3c2ccco2)c1. The van der Waals surface area contributed by atoms with Gasteiger partial charge < -0.3 is 14.3 Å². The van der Waals surface area contributed by atoms with Crippen molar-refractivity contribution in [3.63, 3.8) is 0 Å². The molecule has 2 atom stereocenters. The van der Waals surface area contributed by atoms with Crippen LogP contribution < -0.4 is 4.74 Å². The number of aromatic hydroxyl groups is 1. The second-order valence-corrected chi connectivity index (χ2v) is 6.69. The molecule has 0 bridgehead atoms. The van der Waals surface area contributed by atoms with Gasteiger partial charge in [-0.1, -0.05) is 29.8 Å². The molecule has 5 heteroatoms. The quantitative estimate of drug-likeness (QED) is 0.740. The second kappa shape index (κ2) is 5.66. The lowest BCUT2D eigenvalue weighted by Gasteiger charge is -2.36. The molecule has 0 aliphatic carbocycles. The van der Waals surface area contributed by atoms with E-state index >= 15 is 0 Å². The molecule has 130 valence electrons. The number of hydrogen-bond donors (Lipinski definition) is 1. The summed E-state index contributed by atoms with van der Waals surface area (Å²) in [5.41, 5.74) is 3.81. The van der Waals surface area contributed by atoms with Crippen LogP contribution in [0, 0.1) is 6.92 Å². The second-order valence-electron chi connectivity index (χ2n) is 6.69. The molecule has 5 nitrogen and oxygen atoms in total. The summed E-state index contributed by atoms with van der Waals surface area (Å²) in [6.45, 7) is 2.01. The van der Waals surface area contributed by atoms with E-state index in [0.29, 0.717) is 12.2 Å². The van der Waals surface area contributed by atoms with E-state index in [9.17, 15) is 5.11 Å². The van der Waals surface area contributed by atoms with Crippen molar-refractivity contribution in [2.24, 2.45) is 5.10 Å². The van der Waals surface area contributed by atoms with Gasteiger partial charge in [-0.25, -0.2) is 5.01 Å². The van der Waals surface area contributed by atoms with Crippen molar-refractivity contribution in [1.82, 2.24) is 5.01 Å². The molecule has 3 aromatic rings. The zero-order valence-electron chi connectivity index (χ0n) is 14.3. The number of nitrogens with zero attached hydrogens (tertiary/aromatic N) is 2. The number of hydrazone groups is 1. The van der Waals surface area contributed by atoms with Crippen LogP contribution in [0.5, 0.6) is 11.5 Å². The summed E-state index contributed by atoms with van der Waals surface area (Å²) in [6.07, 6.45) is 1.92. The van der Waals surface area contributed by atoms with Crippen LogP contribution in [0.3, 0.4) is 0 Å². The van der Waals surface area contributed by atoms with Crippen molar-refractivity contribution in [2.75, 3.05) is 0 Å². The zero-order chi connectivity index (χ0) is 17.7. The molecule has 1 N–H and O–H groups in total. The minimum absolute atomic E-state index is 0.0463. The van der Waals surface area contributed by atoms with E-state index in [2.05, 4.69) is 6.07 Å². The number of phenolic OH excluding ortho intramolecular Hbond substituents is 1. The van der Waals surface area contributed by atoms with Gasteiger partial charge in [-0.15, -0.1) is 0 Å². The Morgan fingerprint density at radius 2 is 2.00 bits per heavy atom. The topological polar surface area (TPSA) is 58.2 Å². The molecule has 0 saturated carbocycles. The summed E-state index contributed by atoms with van der Waals surface area (Å²) in [5, 5.41) is 17.1. The van der Waals surface area contributed by atoms with Crippen LogP contribution in [0.25, 0.3) is 0 Å². The number of para-hydroxylation sites is 1. The van der Waals surface area contributed by atoms with Crippen LogP contribution in [0.1, 0.15) is 41.1 Å². The molecule has 0 saturated heterocycles. The van der Waals surface area contributed by atoms with Gasteiger partial charge in [0.05, 0.1) is 18.0 Å². The Morgan fingerprint density at radius 1 is 1.12 bits per heavy atom. The van der Waals surface area contributed by atoms with Crippen LogP contribution in [0.15, 0.2) is 70.4 Å². The van der Waals surface area contributed by atoms with Crippen LogP contribution in [-0.2, 0) is 0 Å². The zero-order valence-corrected chi connectivity index (χ0v) is 14.3. The van der Waals surface area contributed by atoms with Crippen molar-refractivity contribution in [1.29, 1.82) is 0 Å². The summed E-state index contributed by atoms with van der Waals surface area (Å²) < 4.78 is 11.8. The lowest BCUT2D eigenvalue weighted by Crippen LogP contribution is -2.33. The van der Waals surface area contributed by atoms with Crippen LogP contribution in [-0.4, -0.2) is 15.8 Å². The Morgan fingerprint density at radius 3 is 2.85 bits per heavy atom. The maximum Gasteiger partial charge on any atom is 0.246 e. The minimum Gasteiger partial charge on any atom is -0.507 e. The number of rotatable bonds is 2. The lowest BCUT2D eigenvalue weighted by molar-refractivity contribution is -0.0325. The van der Waals surface area contributed by atoms with Crippen LogP contribution in [0.4, 0.5) is 0 Å². The molecule has 0 amide bonds. The van der Waals surface area contributed by atoms with E-state index in [4.69, 9.17) is 14.3 Å². The Bertz CT molecular complexity index is 994. The van der Waals surface area contributed by atoms with Gasteiger partial charge in [0.1, 0.15) is 11.5 Å².